The molecule has 0 aliphatic carbocycles. The summed E-state index contributed by atoms with van der Waals surface area (Å²) in [5.41, 5.74) is 1.85. The summed E-state index contributed by atoms with van der Waals surface area (Å²) < 4.78 is 32.7. The number of ether oxygens (including phenoxy) is 6. The summed E-state index contributed by atoms with van der Waals surface area (Å²) in [6, 6.07) is 17.6. The smallest absolute Gasteiger partial charge is 0.344 e. The van der Waals surface area contributed by atoms with Gasteiger partial charge in [0, 0.05) is 11.6 Å². The van der Waals surface area contributed by atoms with Crippen molar-refractivity contribution >= 4 is 17.8 Å². The summed E-state index contributed by atoms with van der Waals surface area (Å²) in [5.74, 6) is 1.33. The topological polar surface area (TPSA) is 89.5 Å². The quantitative estimate of drug-likeness (QED) is 0.331. The number of esters is 1. The van der Waals surface area contributed by atoms with E-state index in [1.807, 2.05) is 30.3 Å². The van der Waals surface area contributed by atoms with Crippen molar-refractivity contribution in [3.63, 3.8) is 0 Å². The zero-order chi connectivity index (χ0) is 24.8. The number of rotatable bonds is 9. The van der Waals surface area contributed by atoms with E-state index in [0.717, 1.165) is 5.56 Å². The minimum absolute atomic E-state index is 0.116. The zero-order valence-corrected chi connectivity index (χ0v) is 19.5. The molecule has 0 amide bonds. The van der Waals surface area contributed by atoms with Crippen molar-refractivity contribution in [2.45, 2.75) is 6.61 Å². The van der Waals surface area contributed by atoms with E-state index < -0.39 is 5.97 Å². The largest absolute Gasteiger partial charge is 0.493 e. The maximum Gasteiger partial charge on any atom is 0.344 e. The molecule has 8 nitrogen and oxygen atoms in total. The van der Waals surface area contributed by atoms with Gasteiger partial charge in [-0.05, 0) is 35.9 Å². The number of methoxy groups -OCH3 is 3. The molecule has 0 spiro atoms. The van der Waals surface area contributed by atoms with Crippen molar-refractivity contribution in [3.8, 4) is 28.7 Å². The minimum atomic E-state index is -0.507. The number of Topliss-reactive ketones (excluding diaryl/α,β-unsaturated/α-hetero) is 1. The summed E-state index contributed by atoms with van der Waals surface area (Å²) in [6.07, 6.45) is 1.57. The van der Waals surface area contributed by atoms with Gasteiger partial charge >= 0.3 is 5.97 Å². The van der Waals surface area contributed by atoms with E-state index in [1.54, 1.807) is 36.4 Å². The molecule has 0 bridgehead atoms. The van der Waals surface area contributed by atoms with Gasteiger partial charge in [-0.1, -0.05) is 30.3 Å². The summed E-state index contributed by atoms with van der Waals surface area (Å²) in [7, 11) is 4.53. The van der Waals surface area contributed by atoms with Crippen LogP contribution in [0, 0.1) is 0 Å². The number of carbonyl (C=O) groups excluding carboxylic acids is 2. The van der Waals surface area contributed by atoms with E-state index in [1.165, 1.54) is 21.3 Å². The first-order valence-corrected chi connectivity index (χ1v) is 10.7. The molecular formula is C27H24O8. The molecule has 4 rings (SSSR count). The lowest BCUT2D eigenvalue weighted by Crippen LogP contribution is -2.14. The van der Waals surface area contributed by atoms with Gasteiger partial charge in [0.25, 0.3) is 0 Å². The third-order valence-corrected chi connectivity index (χ3v) is 5.26. The van der Waals surface area contributed by atoms with Gasteiger partial charge in [-0.15, -0.1) is 0 Å². The van der Waals surface area contributed by atoms with Crippen molar-refractivity contribution in [3.05, 3.63) is 83.1 Å². The van der Waals surface area contributed by atoms with E-state index in [9.17, 15) is 9.59 Å². The molecule has 0 saturated heterocycles. The normalized spacial score (nSPS) is 13.1. The van der Waals surface area contributed by atoms with Gasteiger partial charge in [0.15, 0.2) is 23.9 Å². The molecule has 180 valence electrons. The molecule has 0 aromatic heterocycles. The lowest BCUT2D eigenvalue weighted by Gasteiger charge is -2.14. The molecule has 1 aliphatic rings. The van der Waals surface area contributed by atoms with Crippen molar-refractivity contribution < 1.29 is 38.0 Å². The Kier molecular flexibility index (Phi) is 7.21. The van der Waals surface area contributed by atoms with Crippen LogP contribution in [0.3, 0.4) is 0 Å². The van der Waals surface area contributed by atoms with E-state index in [-0.39, 0.29) is 24.8 Å². The van der Waals surface area contributed by atoms with E-state index in [4.69, 9.17) is 28.4 Å². The number of carbonyl (C=O) groups is 2. The predicted molar refractivity (Wildman–Crippen MR) is 127 cm³/mol. The average Bonchev–Trinajstić information content (AvgIpc) is 3.20. The highest BCUT2D eigenvalue weighted by molar-refractivity contribution is 6.14. The summed E-state index contributed by atoms with van der Waals surface area (Å²) >= 11 is 0. The van der Waals surface area contributed by atoms with Crippen LogP contribution in [0.1, 0.15) is 21.5 Å². The Balaban J connectivity index is 1.44. The van der Waals surface area contributed by atoms with Crippen LogP contribution < -0.4 is 23.7 Å². The van der Waals surface area contributed by atoms with Gasteiger partial charge in [0.1, 0.15) is 18.1 Å². The van der Waals surface area contributed by atoms with E-state index in [2.05, 4.69) is 0 Å². The Bertz CT molecular complexity index is 1260. The SMILES string of the molecule is COc1ccc(C=C2Oc3cc(OCC(=O)OCc4ccccc4)ccc3C2=O)c(OC)c1OC. The number of ketones is 1. The van der Waals surface area contributed by atoms with Crippen LogP contribution in [-0.4, -0.2) is 39.7 Å². The second-order valence-electron chi connectivity index (χ2n) is 7.46. The Hall–Kier alpha value is -4.46. The lowest BCUT2D eigenvalue weighted by atomic mass is 10.1. The molecule has 0 fully saturated rings. The number of allylic oxidation sites excluding steroid dienone is 1. The van der Waals surface area contributed by atoms with Crippen LogP contribution in [0.15, 0.2) is 66.4 Å². The maximum absolute atomic E-state index is 12.9. The molecule has 3 aromatic rings. The van der Waals surface area contributed by atoms with Crippen molar-refractivity contribution in [2.75, 3.05) is 27.9 Å². The Morgan fingerprint density at radius 3 is 2.40 bits per heavy atom. The molecule has 0 N–H and O–H groups in total. The number of fused-ring (bicyclic) bond motifs is 1. The van der Waals surface area contributed by atoms with Gasteiger partial charge in [0.2, 0.25) is 11.5 Å². The zero-order valence-electron chi connectivity index (χ0n) is 19.5. The third kappa shape index (κ3) is 5.22. The number of hydrogen-bond acceptors (Lipinski definition) is 8. The molecule has 0 unspecified atom stereocenters. The maximum atomic E-state index is 12.9. The minimum Gasteiger partial charge on any atom is -0.493 e. The second kappa shape index (κ2) is 10.6. The van der Waals surface area contributed by atoms with Gasteiger partial charge in [-0.2, -0.15) is 0 Å². The molecule has 8 heteroatoms. The number of benzene rings is 3. The van der Waals surface area contributed by atoms with Crippen LogP contribution in [0.5, 0.6) is 28.7 Å². The van der Waals surface area contributed by atoms with Crippen LogP contribution in [0.2, 0.25) is 0 Å². The van der Waals surface area contributed by atoms with E-state index >= 15 is 0 Å². The fraction of sp³-hybridized carbons (Fsp3) is 0.185. The van der Waals surface area contributed by atoms with Gasteiger partial charge < -0.3 is 28.4 Å². The predicted octanol–water partition coefficient (Wildman–Crippen LogP) is 4.45. The molecule has 0 radical (unpaired) electrons. The van der Waals surface area contributed by atoms with Gasteiger partial charge in [-0.25, -0.2) is 4.79 Å². The molecule has 3 aromatic carbocycles. The molecule has 0 atom stereocenters. The van der Waals surface area contributed by atoms with Crippen LogP contribution >= 0.6 is 0 Å². The van der Waals surface area contributed by atoms with Crippen molar-refractivity contribution in [1.82, 2.24) is 0 Å². The summed E-state index contributed by atoms with van der Waals surface area (Å²) in [5, 5.41) is 0. The molecule has 35 heavy (non-hydrogen) atoms. The molecule has 0 saturated carbocycles. The molecular weight excluding hydrogens is 452 g/mol. The van der Waals surface area contributed by atoms with Crippen molar-refractivity contribution in [1.29, 1.82) is 0 Å². The summed E-state index contributed by atoms with van der Waals surface area (Å²) in [4.78, 5) is 24.9. The fourth-order valence-electron chi connectivity index (χ4n) is 3.56. The lowest BCUT2D eigenvalue weighted by molar-refractivity contribution is -0.147. The van der Waals surface area contributed by atoms with E-state index in [0.29, 0.717) is 39.9 Å². The average molecular weight is 476 g/mol. The second-order valence-corrected chi connectivity index (χ2v) is 7.46. The highest BCUT2D eigenvalue weighted by Crippen LogP contribution is 2.42. The standard InChI is InChI=1S/C27H24O8/c1-30-21-12-9-18(26(31-2)27(21)32-3)13-23-25(29)20-11-10-19(14-22(20)35-23)33-16-24(28)34-15-17-7-5-4-6-8-17/h4-14H,15-16H2,1-3H3. The van der Waals surface area contributed by atoms with Gasteiger partial charge in [0.05, 0.1) is 26.9 Å². The Morgan fingerprint density at radius 1 is 0.914 bits per heavy atom. The van der Waals surface area contributed by atoms with Crippen molar-refractivity contribution in [2.24, 2.45) is 0 Å². The highest BCUT2D eigenvalue weighted by Gasteiger charge is 2.29. The van der Waals surface area contributed by atoms with Crippen LogP contribution in [-0.2, 0) is 16.1 Å². The number of hydrogen-bond donors (Lipinski definition) is 0. The Morgan fingerprint density at radius 2 is 1.69 bits per heavy atom. The first kappa shape index (κ1) is 23.7. The highest BCUT2D eigenvalue weighted by atomic mass is 16.6. The molecule has 1 aliphatic heterocycles. The van der Waals surface area contributed by atoms with Crippen LogP contribution in [0.4, 0.5) is 0 Å². The third-order valence-electron chi connectivity index (χ3n) is 5.26. The first-order chi connectivity index (χ1) is 17.0. The summed E-state index contributed by atoms with van der Waals surface area (Å²) in [6.45, 7) is -0.107. The Labute approximate surface area is 202 Å². The first-order valence-electron chi connectivity index (χ1n) is 10.7. The monoisotopic (exact) mass is 476 g/mol. The fourth-order valence-corrected chi connectivity index (χ4v) is 3.56. The van der Waals surface area contributed by atoms with Crippen LogP contribution in [0.25, 0.3) is 6.08 Å². The molecule has 1 heterocycles. The van der Waals surface area contributed by atoms with Gasteiger partial charge in [-0.3, -0.25) is 4.79 Å².